The Labute approximate surface area is 179 Å². The van der Waals surface area contributed by atoms with Crippen molar-refractivity contribution >= 4 is 5.78 Å². The number of aliphatic hydroxyl groups excluding tert-OH is 1. The van der Waals surface area contributed by atoms with Gasteiger partial charge < -0.3 is 5.11 Å². The Morgan fingerprint density at radius 1 is 0.966 bits per heavy atom. The number of ketones is 1. The van der Waals surface area contributed by atoms with Gasteiger partial charge in [0.2, 0.25) is 0 Å². The smallest absolute Gasteiger partial charge is 0.136 e. The molecule has 9 atom stereocenters. The van der Waals surface area contributed by atoms with Gasteiger partial charge >= 0.3 is 0 Å². The number of Topliss-reactive ketones (excluding diaryl/α,β-unsaturated/α-hetero) is 1. The second-order valence-electron chi connectivity index (χ2n) is 12.6. The number of carbonyl (C=O) groups excluding carboxylic acids is 1. The molecule has 8 unspecified atom stereocenters. The van der Waals surface area contributed by atoms with Crippen LogP contribution in [0.3, 0.4) is 0 Å². The summed E-state index contributed by atoms with van der Waals surface area (Å²) in [6.45, 7) is 12.2. The zero-order valence-corrected chi connectivity index (χ0v) is 19.8. The maximum absolute atomic E-state index is 13.2. The summed E-state index contributed by atoms with van der Waals surface area (Å²) in [4.78, 5) is 13.2. The average Bonchev–Trinajstić information content (AvgIpc) is 3.00. The summed E-state index contributed by atoms with van der Waals surface area (Å²) in [5, 5.41) is 10.2. The van der Waals surface area contributed by atoms with E-state index in [0.717, 1.165) is 49.4 Å². The fourth-order valence-electron chi connectivity index (χ4n) is 9.04. The maximum atomic E-state index is 13.2. The molecule has 4 saturated carbocycles. The van der Waals surface area contributed by atoms with Crippen molar-refractivity contribution in [1.29, 1.82) is 0 Å². The standard InChI is InChI=1S/C27H46O2/c1-17(2)7-6-8-18(3)21-9-10-22-20-16-25(29)24-15-19(28)11-13-27(24,5)23(20)12-14-26(21,22)4/h17-24,28H,6-16H2,1-5H3/t18-,19?,20?,21?,22?,23?,24?,26?,27?/m1/s1. The van der Waals surface area contributed by atoms with Gasteiger partial charge in [0, 0.05) is 12.3 Å². The van der Waals surface area contributed by atoms with E-state index in [2.05, 4.69) is 34.6 Å². The summed E-state index contributed by atoms with van der Waals surface area (Å²) in [6.07, 6.45) is 12.8. The molecule has 0 aromatic carbocycles. The number of aliphatic hydroxyl groups is 1. The van der Waals surface area contributed by atoms with Crippen LogP contribution in [0.1, 0.15) is 105 Å². The normalized spacial score (nSPS) is 48.2. The molecular formula is C27H46O2. The van der Waals surface area contributed by atoms with Crippen LogP contribution >= 0.6 is 0 Å². The molecule has 2 heteroatoms. The average molecular weight is 403 g/mol. The second-order valence-corrected chi connectivity index (χ2v) is 12.6. The first-order valence-corrected chi connectivity index (χ1v) is 12.9. The Kier molecular flexibility index (Phi) is 5.99. The van der Waals surface area contributed by atoms with Gasteiger partial charge in [-0.05, 0) is 91.3 Å². The third-order valence-corrected chi connectivity index (χ3v) is 10.6. The van der Waals surface area contributed by atoms with Crippen molar-refractivity contribution in [2.75, 3.05) is 0 Å². The minimum absolute atomic E-state index is 0.129. The van der Waals surface area contributed by atoms with Crippen LogP contribution in [0.15, 0.2) is 0 Å². The van der Waals surface area contributed by atoms with Gasteiger partial charge in [0.15, 0.2) is 0 Å². The van der Waals surface area contributed by atoms with E-state index in [4.69, 9.17) is 0 Å². The molecule has 0 heterocycles. The fourth-order valence-corrected chi connectivity index (χ4v) is 9.04. The Bertz CT molecular complexity index is 612. The number of hydrogen-bond acceptors (Lipinski definition) is 2. The van der Waals surface area contributed by atoms with Gasteiger partial charge in [-0.25, -0.2) is 0 Å². The topological polar surface area (TPSA) is 37.3 Å². The van der Waals surface area contributed by atoms with E-state index < -0.39 is 0 Å². The highest BCUT2D eigenvalue weighted by atomic mass is 16.3. The first-order chi connectivity index (χ1) is 13.7. The van der Waals surface area contributed by atoms with Crippen LogP contribution in [0.25, 0.3) is 0 Å². The van der Waals surface area contributed by atoms with Crippen LogP contribution < -0.4 is 0 Å². The predicted molar refractivity (Wildman–Crippen MR) is 119 cm³/mol. The van der Waals surface area contributed by atoms with Crippen LogP contribution in [0.4, 0.5) is 0 Å². The lowest BCUT2D eigenvalue weighted by Crippen LogP contribution is -2.57. The summed E-state index contributed by atoms with van der Waals surface area (Å²) in [5.74, 6) is 5.21. The molecule has 1 N–H and O–H groups in total. The van der Waals surface area contributed by atoms with Crippen molar-refractivity contribution in [3.8, 4) is 0 Å². The van der Waals surface area contributed by atoms with Crippen LogP contribution in [0, 0.1) is 52.3 Å². The molecule has 0 aromatic rings. The fraction of sp³-hybridized carbons (Fsp3) is 0.963. The summed E-state index contributed by atoms with van der Waals surface area (Å²) in [7, 11) is 0. The lowest BCUT2D eigenvalue weighted by atomic mass is 9.44. The summed E-state index contributed by atoms with van der Waals surface area (Å²) in [6, 6.07) is 0. The largest absolute Gasteiger partial charge is 0.393 e. The monoisotopic (exact) mass is 402 g/mol. The third kappa shape index (κ3) is 3.64. The van der Waals surface area contributed by atoms with Gasteiger partial charge in [0.1, 0.15) is 5.78 Å². The Hall–Kier alpha value is -0.370. The van der Waals surface area contributed by atoms with Gasteiger partial charge in [-0.2, -0.15) is 0 Å². The van der Waals surface area contributed by atoms with Crippen LogP contribution in [-0.2, 0) is 4.79 Å². The van der Waals surface area contributed by atoms with Crippen LogP contribution in [0.5, 0.6) is 0 Å². The van der Waals surface area contributed by atoms with Crippen molar-refractivity contribution in [2.45, 2.75) is 111 Å². The number of carbonyl (C=O) groups is 1. The molecule has 4 fully saturated rings. The van der Waals surface area contributed by atoms with Gasteiger partial charge in [-0.1, -0.05) is 53.9 Å². The zero-order valence-electron chi connectivity index (χ0n) is 19.8. The molecule has 0 radical (unpaired) electrons. The van der Waals surface area contributed by atoms with E-state index in [1.54, 1.807) is 0 Å². The minimum atomic E-state index is -0.245. The van der Waals surface area contributed by atoms with E-state index in [0.29, 0.717) is 23.0 Å². The molecule has 4 aliphatic carbocycles. The van der Waals surface area contributed by atoms with Gasteiger partial charge in [0.05, 0.1) is 6.10 Å². The molecule has 29 heavy (non-hydrogen) atoms. The summed E-state index contributed by atoms with van der Waals surface area (Å²) < 4.78 is 0. The van der Waals surface area contributed by atoms with Crippen molar-refractivity contribution in [3.63, 3.8) is 0 Å². The quantitative estimate of drug-likeness (QED) is 0.559. The van der Waals surface area contributed by atoms with Crippen molar-refractivity contribution in [1.82, 2.24) is 0 Å². The molecule has 0 amide bonds. The lowest BCUT2D eigenvalue weighted by molar-refractivity contribution is -0.160. The molecule has 4 rings (SSSR count). The van der Waals surface area contributed by atoms with Gasteiger partial charge in [0.25, 0.3) is 0 Å². The highest BCUT2D eigenvalue weighted by Crippen LogP contribution is 2.67. The number of rotatable bonds is 5. The van der Waals surface area contributed by atoms with E-state index in [9.17, 15) is 9.90 Å². The van der Waals surface area contributed by atoms with Crippen molar-refractivity contribution < 1.29 is 9.90 Å². The number of fused-ring (bicyclic) bond motifs is 5. The summed E-state index contributed by atoms with van der Waals surface area (Å²) in [5.41, 5.74) is 0.609. The zero-order chi connectivity index (χ0) is 21.0. The third-order valence-electron chi connectivity index (χ3n) is 10.6. The Morgan fingerprint density at radius 2 is 1.66 bits per heavy atom. The molecule has 2 nitrogen and oxygen atoms in total. The van der Waals surface area contributed by atoms with E-state index >= 15 is 0 Å². The first kappa shape index (κ1) is 21.8. The Morgan fingerprint density at radius 3 is 2.38 bits per heavy atom. The highest BCUT2D eigenvalue weighted by molar-refractivity contribution is 5.83. The predicted octanol–water partition coefficient (Wildman–Crippen LogP) is 6.65. The SMILES string of the molecule is CC(C)CCC[C@@H](C)C1CCC2C3CC(=O)C4CC(O)CCC4(C)C3CCC21C. The van der Waals surface area contributed by atoms with E-state index in [1.807, 2.05) is 0 Å². The molecule has 0 bridgehead atoms. The molecule has 0 saturated heterocycles. The van der Waals surface area contributed by atoms with Crippen LogP contribution in [-0.4, -0.2) is 17.0 Å². The van der Waals surface area contributed by atoms with Crippen molar-refractivity contribution in [3.05, 3.63) is 0 Å². The van der Waals surface area contributed by atoms with Gasteiger partial charge in [-0.3, -0.25) is 4.79 Å². The van der Waals surface area contributed by atoms with E-state index in [1.165, 1.54) is 44.9 Å². The highest BCUT2D eigenvalue weighted by Gasteiger charge is 2.62. The summed E-state index contributed by atoms with van der Waals surface area (Å²) >= 11 is 0. The van der Waals surface area contributed by atoms with Gasteiger partial charge in [-0.15, -0.1) is 0 Å². The molecule has 4 aliphatic rings. The van der Waals surface area contributed by atoms with Crippen molar-refractivity contribution in [2.24, 2.45) is 52.3 Å². The molecule has 0 aromatic heterocycles. The van der Waals surface area contributed by atoms with E-state index in [-0.39, 0.29) is 17.4 Å². The molecule has 0 aliphatic heterocycles. The molecular weight excluding hydrogens is 356 g/mol. The Balaban J connectivity index is 1.50. The van der Waals surface area contributed by atoms with Crippen LogP contribution in [0.2, 0.25) is 0 Å². The molecule has 0 spiro atoms. The maximum Gasteiger partial charge on any atom is 0.136 e. The first-order valence-electron chi connectivity index (χ1n) is 12.9. The lowest BCUT2D eigenvalue weighted by Gasteiger charge is -2.60. The second kappa shape index (κ2) is 7.95. The molecule has 166 valence electrons. The number of hydrogen-bond donors (Lipinski definition) is 1. The minimum Gasteiger partial charge on any atom is -0.393 e.